The lowest BCUT2D eigenvalue weighted by molar-refractivity contribution is 0.102. The van der Waals surface area contributed by atoms with E-state index in [2.05, 4.69) is 20.8 Å². The van der Waals surface area contributed by atoms with Crippen molar-refractivity contribution in [1.82, 2.24) is 20.2 Å². The second-order valence-electron chi connectivity index (χ2n) is 4.83. The molecule has 0 aliphatic rings. The van der Waals surface area contributed by atoms with Crippen molar-refractivity contribution in [2.45, 2.75) is 0 Å². The molecule has 0 saturated heterocycles. The van der Waals surface area contributed by atoms with Crippen molar-refractivity contribution in [1.29, 1.82) is 0 Å². The van der Waals surface area contributed by atoms with Crippen LogP contribution in [0.5, 0.6) is 11.5 Å². The topological polar surface area (TPSA) is 91.2 Å². The minimum absolute atomic E-state index is 0.259. The predicted octanol–water partition coefficient (Wildman–Crippen LogP) is 1.93. The molecule has 3 rings (SSSR count). The summed E-state index contributed by atoms with van der Waals surface area (Å²) in [6.45, 7) is 0. The summed E-state index contributed by atoms with van der Waals surface area (Å²) in [6, 6.07) is 12.2. The van der Waals surface area contributed by atoms with Crippen molar-refractivity contribution in [3.8, 4) is 17.2 Å². The molecule has 0 aliphatic carbocycles. The predicted molar refractivity (Wildman–Crippen MR) is 86.7 cm³/mol. The zero-order valence-electron chi connectivity index (χ0n) is 13.1. The molecular weight excluding hydrogens is 310 g/mol. The summed E-state index contributed by atoms with van der Waals surface area (Å²) >= 11 is 0. The first-order valence-corrected chi connectivity index (χ1v) is 7.08. The number of carbonyl (C=O) groups is 1. The summed E-state index contributed by atoms with van der Waals surface area (Å²) in [6.07, 6.45) is 1.45. The van der Waals surface area contributed by atoms with E-state index in [4.69, 9.17) is 9.47 Å². The molecule has 0 radical (unpaired) electrons. The number of aromatic nitrogens is 4. The van der Waals surface area contributed by atoms with Crippen molar-refractivity contribution in [2.75, 3.05) is 19.5 Å². The molecule has 0 saturated carbocycles. The van der Waals surface area contributed by atoms with E-state index in [9.17, 15) is 4.79 Å². The Kier molecular flexibility index (Phi) is 4.37. The second kappa shape index (κ2) is 6.78. The largest absolute Gasteiger partial charge is 0.497 e. The van der Waals surface area contributed by atoms with Crippen LogP contribution in [0.25, 0.3) is 5.69 Å². The molecule has 8 nitrogen and oxygen atoms in total. The minimum Gasteiger partial charge on any atom is -0.497 e. The van der Waals surface area contributed by atoms with Crippen LogP contribution in [0, 0.1) is 0 Å². The number of ether oxygens (including phenoxy) is 2. The Morgan fingerprint density at radius 3 is 2.71 bits per heavy atom. The van der Waals surface area contributed by atoms with Gasteiger partial charge in [0.05, 0.1) is 14.2 Å². The third kappa shape index (κ3) is 3.17. The van der Waals surface area contributed by atoms with Crippen LogP contribution in [-0.4, -0.2) is 40.3 Å². The maximum atomic E-state index is 12.4. The van der Waals surface area contributed by atoms with Crippen LogP contribution in [0.1, 0.15) is 10.4 Å². The van der Waals surface area contributed by atoms with Gasteiger partial charge in [0, 0.05) is 17.3 Å². The Morgan fingerprint density at radius 2 is 2.00 bits per heavy atom. The molecule has 3 aromatic rings. The van der Waals surface area contributed by atoms with Crippen molar-refractivity contribution in [2.24, 2.45) is 0 Å². The maximum Gasteiger partial charge on any atom is 0.255 e. The fraction of sp³-hybridized carbons (Fsp3) is 0.125. The van der Waals surface area contributed by atoms with E-state index in [1.807, 2.05) is 0 Å². The molecule has 1 amide bonds. The second-order valence-corrected chi connectivity index (χ2v) is 4.83. The Labute approximate surface area is 138 Å². The smallest absolute Gasteiger partial charge is 0.255 e. The van der Waals surface area contributed by atoms with Gasteiger partial charge in [0.25, 0.3) is 5.91 Å². The summed E-state index contributed by atoms with van der Waals surface area (Å²) in [5, 5.41) is 13.8. The normalized spacial score (nSPS) is 10.2. The summed E-state index contributed by atoms with van der Waals surface area (Å²) < 4.78 is 11.9. The lowest BCUT2D eigenvalue weighted by Crippen LogP contribution is -2.12. The van der Waals surface area contributed by atoms with Gasteiger partial charge >= 0.3 is 0 Å². The number of rotatable bonds is 5. The first-order valence-electron chi connectivity index (χ1n) is 7.08. The lowest BCUT2D eigenvalue weighted by atomic mass is 10.1. The fourth-order valence-electron chi connectivity index (χ4n) is 2.18. The molecular formula is C16H15N5O3. The molecule has 0 aliphatic heterocycles. The molecule has 1 heterocycles. The van der Waals surface area contributed by atoms with E-state index in [1.165, 1.54) is 18.1 Å². The van der Waals surface area contributed by atoms with Crippen LogP contribution in [0.2, 0.25) is 0 Å². The Morgan fingerprint density at radius 1 is 1.12 bits per heavy atom. The van der Waals surface area contributed by atoms with Gasteiger partial charge in [-0.25, -0.2) is 0 Å². The number of carbonyl (C=O) groups excluding carboxylic acids is 1. The van der Waals surface area contributed by atoms with Gasteiger partial charge in [-0.15, -0.1) is 5.10 Å². The third-order valence-corrected chi connectivity index (χ3v) is 3.37. The first kappa shape index (κ1) is 15.5. The Hall–Kier alpha value is -3.42. The number of tetrazole rings is 1. The highest BCUT2D eigenvalue weighted by molar-refractivity contribution is 6.04. The molecule has 1 aromatic heterocycles. The average Bonchev–Trinajstić information content (AvgIpc) is 3.15. The summed E-state index contributed by atoms with van der Waals surface area (Å²) in [5.74, 6) is 0.893. The fourth-order valence-corrected chi connectivity index (χ4v) is 2.18. The highest BCUT2D eigenvalue weighted by Gasteiger charge is 2.12. The molecule has 0 fully saturated rings. The standard InChI is InChI=1S/C16H15N5O3/c1-23-13-5-3-4-12(9-13)18-16(22)11-6-7-14(15(8-11)24-2)21-10-17-19-20-21/h3-10H,1-2H3,(H,18,22). The van der Waals surface area contributed by atoms with Gasteiger partial charge in [-0.1, -0.05) is 6.07 Å². The highest BCUT2D eigenvalue weighted by atomic mass is 16.5. The van der Waals surface area contributed by atoms with Crippen molar-refractivity contribution in [3.05, 3.63) is 54.4 Å². The van der Waals surface area contributed by atoms with E-state index in [0.29, 0.717) is 28.4 Å². The number of hydrogen-bond donors (Lipinski definition) is 1. The quantitative estimate of drug-likeness (QED) is 0.771. The van der Waals surface area contributed by atoms with Crippen LogP contribution in [0.4, 0.5) is 5.69 Å². The summed E-state index contributed by atoms with van der Waals surface area (Å²) in [7, 11) is 3.09. The van der Waals surface area contributed by atoms with Gasteiger partial charge in [0.2, 0.25) is 0 Å². The van der Waals surface area contributed by atoms with Gasteiger partial charge in [-0.05, 0) is 40.8 Å². The average molecular weight is 325 g/mol. The first-order chi connectivity index (χ1) is 11.7. The molecule has 2 aromatic carbocycles. The van der Waals surface area contributed by atoms with E-state index in [0.717, 1.165) is 0 Å². The van der Waals surface area contributed by atoms with Crippen molar-refractivity contribution in [3.63, 3.8) is 0 Å². The number of nitrogens with one attached hydrogen (secondary N) is 1. The molecule has 24 heavy (non-hydrogen) atoms. The van der Waals surface area contributed by atoms with E-state index in [-0.39, 0.29) is 5.91 Å². The van der Waals surface area contributed by atoms with Gasteiger partial charge < -0.3 is 14.8 Å². The van der Waals surface area contributed by atoms with Gasteiger partial charge in [0.15, 0.2) is 0 Å². The highest BCUT2D eigenvalue weighted by Crippen LogP contribution is 2.24. The monoisotopic (exact) mass is 325 g/mol. The molecule has 1 N–H and O–H groups in total. The van der Waals surface area contributed by atoms with Gasteiger partial charge in [0.1, 0.15) is 23.5 Å². The van der Waals surface area contributed by atoms with Crippen molar-refractivity contribution < 1.29 is 14.3 Å². The Balaban J connectivity index is 1.85. The van der Waals surface area contributed by atoms with E-state index < -0.39 is 0 Å². The SMILES string of the molecule is COc1cccc(NC(=O)c2ccc(-n3cnnn3)c(OC)c2)c1. The summed E-state index contributed by atoms with van der Waals surface area (Å²) in [5.41, 5.74) is 1.73. The number of amides is 1. The zero-order chi connectivity index (χ0) is 16.9. The van der Waals surface area contributed by atoms with Crippen LogP contribution in [0.15, 0.2) is 48.8 Å². The molecule has 0 bridgehead atoms. The minimum atomic E-state index is -0.259. The van der Waals surface area contributed by atoms with Gasteiger partial charge in [-0.3, -0.25) is 4.79 Å². The van der Waals surface area contributed by atoms with Crippen LogP contribution in [0.3, 0.4) is 0 Å². The molecule has 0 atom stereocenters. The number of hydrogen-bond acceptors (Lipinski definition) is 6. The molecule has 0 unspecified atom stereocenters. The number of anilines is 1. The lowest BCUT2D eigenvalue weighted by Gasteiger charge is -2.11. The van der Waals surface area contributed by atoms with Crippen LogP contribution >= 0.6 is 0 Å². The van der Waals surface area contributed by atoms with Gasteiger partial charge in [-0.2, -0.15) is 4.68 Å². The molecule has 122 valence electrons. The number of benzene rings is 2. The number of methoxy groups -OCH3 is 2. The number of nitrogens with zero attached hydrogens (tertiary/aromatic N) is 4. The van der Waals surface area contributed by atoms with Crippen molar-refractivity contribution >= 4 is 11.6 Å². The molecule has 8 heteroatoms. The van der Waals surface area contributed by atoms with Crippen LogP contribution in [-0.2, 0) is 0 Å². The Bertz CT molecular complexity index is 849. The van der Waals surface area contributed by atoms with E-state index in [1.54, 1.807) is 49.6 Å². The van der Waals surface area contributed by atoms with Crippen LogP contribution < -0.4 is 14.8 Å². The molecule has 0 spiro atoms. The third-order valence-electron chi connectivity index (χ3n) is 3.37. The zero-order valence-corrected chi connectivity index (χ0v) is 13.1. The maximum absolute atomic E-state index is 12.4. The van der Waals surface area contributed by atoms with E-state index >= 15 is 0 Å². The summed E-state index contributed by atoms with van der Waals surface area (Å²) in [4.78, 5) is 12.4.